The van der Waals surface area contributed by atoms with Crippen molar-refractivity contribution in [1.82, 2.24) is 0 Å². The van der Waals surface area contributed by atoms with Crippen LogP contribution in [-0.4, -0.2) is 51.2 Å². The van der Waals surface area contributed by atoms with Crippen LogP contribution in [0.25, 0.3) is 0 Å². The van der Waals surface area contributed by atoms with E-state index in [9.17, 15) is 0 Å². The van der Waals surface area contributed by atoms with Crippen molar-refractivity contribution in [3.63, 3.8) is 0 Å². The van der Waals surface area contributed by atoms with Crippen LogP contribution in [0.15, 0.2) is 0 Å². The van der Waals surface area contributed by atoms with Crippen LogP contribution in [0.3, 0.4) is 0 Å². The summed E-state index contributed by atoms with van der Waals surface area (Å²) in [6, 6.07) is 0.0659. The third kappa shape index (κ3) is 10.3. The molecule has 0 saturated heterocycles. The first-order valence-corrected chi connectivity index (χ1v) is 5.82. The van der Waals surface area contributed by atoms with E-state index in [1.54, 1.807) is 0 Å². The Labute approximate surface area is 98.4 Å². The largest absolute Gasteiger partial charge is 0.376 e. The van der Waals surface area contributed by atoms with Gasteiger partial charge in [-0.1, -0.05) is 0 Å². The highest BCUT2D eigenvalue weighted by Crippen LogP contribution is 1.94. The minimum absolute atomic E-state index is 0.0659. The second kappa shape index (κ2) is 9.99. The Morgan fingerprint density at radius 3 is 2.19 bits per heavy atom. The zero-order valence-electron chi connectivity index (χ0n) is 10.6. The molecule has 0 aliphatic heterocycles. The van der Waals surface area contributed by atoms with E-state index >= 15 is 0 Å². The minimum Gasteiger partial charge on any atom is -0.376 e. The van der Waals surface area contributed by atoms with Crippen LogP contribution in [0.5, 0.6) is 0 Å². The van der Waals surface area contributed by atoms with Gasteiger partial charge in [0.2, 0.25) is 0 Å². The molecule has 0 fully saturated rings. The summed E-state index contributed by atoms with van der Waals surface area (Å²) in [6.45, 7) is 8.61. The van der Waals surface area contributed by atoms with Gasteiger partial charge in [0, 0.05) is 12.6 Å². The first-order valence-electron chi connectivity index (χ1n) is 5.82. The molecule has 5 nitrogen and oxygen atoms in total. The highest BCUT2D eigenvalue weighted by atomic mass is 16.5. The number of rotatable bonds is 10. The van der Waals surface area contributed by atoms with Crippen LogP contribution < -0.4 is 11.5 Å². The van der Waals surface area contributed by atoms with Gasteiger partial charge in [-0.2, -0.15) is 0 Å². The van der Waals surface area contributed by atoms with E-state index in [-0.39, 0.29) is 18.2 Å². The summed E-state index contributed by atoms with van der Waals surface area (Å²) in [5.41, 5.74) is 11.0. The van der Waals surface area contributed by atoms with Crippen molar-refractivity contribution in [2.45, 2.75) is 39.0 Å². The lowest BCUT2D eigenvalue weighted by molar-refractivity contribution is -0.0340. The summed E-state index contributed by atoms with van der Waals surface area (Å²) in [7, 11) is 0. The summed E-state index contributed by atoms with van der Waals surface area (Å²) in [5.74, 6) is 0. The zero-order valence-corrected chi connectivity index (χ0v) is 10.6. The lowest BCUT2D eigenvalue weighted by Gasteiger charge is -2.15. The molecule has 0 aliphatic carbocycles. The molecule has 4 N–H and O–H groups in total. The summed E-state index contributed by atoms with van der Waals surface area (Å²) < 4.78 is 16.2. The molecule has 3 unspecified atom stereocenters. The molecular weight excluding hydrogens is 208 g/mol. The highest BCUT2D eigenvalue weighted by Gasteiger charge is 2.04. The average molecular weight is 234 g/mol. The van der Waals surface area contributed by atoms with E-state index in [1.807, 2.05) is 20.8 Å². The second-order valence-electron chi connectivity index (χ2n) is 4.11. The van der Waals surface area contributed by atoms with Gasteiger partial charge in [-0.15, -0.1) is 0 Å². The van der Waals surface area contributed by atoms with Crippen molar-refractivity contribution in [2.24, 2.45) is 11.5 Å². The molecule has 0 radical (unpaired) electrons. The van der Waals surface area contributed by atoms with E-state index in [1.165, 1.54) is 0 Å². The minimum atomic E-state index is 0.0659. The summed E-state index contributed by atoms with van der Waals surface area (Å²) in [6.07, 6.45) is 0.160. The Balaban J connectivity index is 3.24. The standard InChI is InChI=1S/C11H26N2O3/c1-9(13)7-16-11(3)8-14-4-5-15-10(2)6-12/h9-11H,4-8,12-13H2,1-3H3. The lowest BCUT2D eigenvalue weighted by atomic mass is 10.4. The molecule has 0 aromatic rings. The molecule has 98 valence electrons. The topological polar surface area (TPSA) is 79.7 Å². The van der Waals surface area contributed by atoms with E-state index in [0.29, 0.717) is 33.0 Å². The van der Waals surface area contributed by atoms with Crippen LogP contribution in [-0.2, 0) is 14.2 Å². The molecule has 0 spiro atoms. The summed E-state index contributed by atoms with van der Waals surface area (Å²) in [5, 5.41) is 0. The van der Waals surface area contributed by atoms with Crippen LogP contribution >= 0.6 is 0 Å². The smallest absolute Gasteiger partial charge is 0.0781 e. The van der Waals surface area contributed by atoms with Crippen molar-refractivity contribution >= 4 is 0 Å². The summed E-state index contributed by atoms with van der Waals surface area (Å²) in [4.78, 5) is 0. The molecule has 0 aromatic heterocycles. The fourth-order valence-corrected chi connectivity index (χ4v) is 0.990. The predicted octanol–water partition coefficient (Wildman–Crippen LogP) is 0.119. The SMILES string of the molecule is CC(N)COC(C)COCCOC(C)CN. The molecule has 0 bridgehead atoms. The zero-order chi connectivity index (χ0) is 12.4. The average Bonchev–Trinajstić information content (AvgIpc) is 2.25. The van der Waals surface area contributed by atoms with Gasteiger partial charge in [0.05, 0.1) is 38.6 Å². The number of ether oxygens (including phenoxy) is 3. The predicted molar refractivity (Wildman–Crippen MR) is 64.4 cm³/mol. The number of hydrogen-bond acceptors (Lipinski definition) is 5. The first kappa shape index (κ1) is 15.8. The lowest BCUT2D eigenvalue weighted by Crippen LogP contribution is -2.27. The van der Waals surface area contributed by atoms with E-state index in [2.05, 4.69) is 0 Å². The molecule has 0 aromatic carbocycles. The Bertz CT molecular complexity index is 156. The molecule has 0 heterocycles. The maximum Gasteiger partial charge on any atom is 0.0781 e. The molecule has 0 saturated carbocycles. The van der Waals surface area contributed by atoms with Gasteiger partial charge in [0.25, 0.3) is 0 Å². The quantitative estimate of drug-likeness (QED) is 0.525. The van der Waals surface area contributed by atoms with E-state index < -0.39 is 0 Å². The second-order valence-corrected chi connectivity index (χ2v) is 4.11. The van der Waals surface area contributed by atoms with Crippen molar-refractivity contribution in [2.75, 3.05) is 33.0 Å². The van der Waals surface area contributed by atoms with Gasteiger partial charge < -0.3 is 25.7 Å². The number of nitrogens with two attached hydrogens (primary N) is 2. The summed E-state index contributed by atoms with van der Waals surface area (Å²) >= 11 is 0. The molecular formula is C11H26N2O3. The van der Waals surface area contributed by atoms with Crippen LogP contribution in [0.1, 0.15) is 20.8 Å². The van der Waals surface area contributed by atoms with E-state index in [0.717, 1.165) is 0 Å². The van der Waals surface area contributed by atoms with Gasteiger partial charge in [-0.3, -0.25) is 0 Å². The number of hydrogen-bond donors (Lipinski definition) is 2. The van der Waals surface area contributed by atoms with Gasteiger partial charge >= 0.3 is 0 Å². The maximum atomic E-state index is 5.57. The Morgan fingerprint density at radius 1 is 0.938 bits per heavy atom. The van der Waals surface area contributed by atoms with Crippen LogP contribution in [0, 0.1) is 0 Å². The molecule has 5 heteroatoms. The monoisotopic (exact) mass is 234 g/mol. The van der Waals surface area contributed by atoms with Crippen molar-refractivity contribution in [1.29, 1.82) is 0 Å². The van der Waals surface area contributed by atoms with Crippen molar-refractivity contribution in [3.05, 3.63) is 0 Å². The third-order valence-corrected chi connectivity index (χ3v) is 1.96. The van der Waals surface area contributed by atoms with Gasteiger partial charge in [-0.05, 0) is 20.8 Å². The third-order valence-electron chi connectivity index (χ3n) is 1.96. The molecule has 0 aliphatic rings. The van der Waals surface area contributed by atoms with Crippen LogP contribution in [0.2, 0.25) is 0 Å². The normalized spacial score (nSPS) is 17.1. The van der Waals surface area contributed by atoms with Gasteiger partial charge in [0.15, 0.2) is 0 Å². The molecule has 16 heavy (non-hydrogen) atoms. The fraction of sp³-hybridized carbons (Fsp3) is 1.00. The Kier molecular flexibility index (Phi) is 9.86. The Hall–Kier alpha value is -0.200. The highest BCUT2D eigenvalue weighted by molar-refractivity contribution is 4.53. The molecule has 3 atom stereocenters. The van der Waals surface area contributed by atoms with Gasteiger partial charge in [0.1, 0.15) is 0 Å². The van der Waals surface area contributed by atoms with Gasteiger partial charge in [-0.25, -0.2) is 0 Å². The molecule has 0 rings (SSSR count). The first-order chi connectivity index (χ1) is 7.56. The van der Waals surface area contributed by atoms with Crippen LogP contribution in [0.4, 0.5) is 0 Å². The van der Waals surface area contributed by atoms with E-state index in [4.69, 9.17) is 25.7 Å². The van der Waals surface area contributed by atoms with Crippen molar-refractivity contribution in [3.8, 4) is 0 Å². The molecule has 0 amide bonds. The maximum absolute atomic E-state index is 5.57. The fourth-order valence-electron chi connectivity index (χ4n) is 0.990. The Morgan fingerprint density at radius 2 is 1.62 bits per heavy atom. The van der Waals surface area contributed by atoms with Crippen molar-refractivity contribution < 1.29 is 14.2 Å².